The SMILES string of the molecule is CCOc1cccc(CN2CCC(C(O)c3nccn3C)CC2)c1. The van der Waals surface area contributed by atoms with Crippen molar-refractivity contribution >= 4 is 0 Å². The van der Waals surface area contributed by atoms with E-state index in [0.29, 0.717) is 6.61 Å². The molecule has 1 saturated heterocycles. The van der Waals surface area contributed by atoms with Crippen molar-refractivity contribution in [1.29, 1.82) is 0 Å². The zero-order valence-electron chi connectivity index (χ0n) is 14.6. The van der Waals surface area contributed by atoms with Crippen LogP contribution in [0.1, 0.15) is 37.3 Å². The van der Waals surface area contributed by atoms with Crippen molar-refractivity contribution in [2.75, 3.05) is 19.7 Å². The summed E-state index contributed by atoms with van der Waals surface area (Å²) >= 11 is 0. The number of piperidine rings is 1. The van der Waals surface area contributed by atoms with Crippen molar-refractivity contribution in [1.82, 2.24) is 14.5 Å². The molecule has 2 heterocycles. The van der Waals surface area contributed by atoms with E-state index in [1.54, 1.807) is 6.20 Å². The van der Waals surface area contributed by atoms with E-state index in [-0.39, 0.29) is 5.92 Å². The molecule has 3 rings (SSSR count). The molecule has 5 nitrogen and oxygen atoms in total. The maximum atomic E-state index is 10.6. The largest absolute Gasteiger partial charge is 0.494 e. The second-order valence-electron chi connectivity index (χ2n) is 6.54. The Morgan fingerprint density at radius 1 is 1.33 bits per heavy atom. The lowest BCUT2D eigenvalue weighted by Crippen LogP contribution is -2.35. The molecule has 0 saturated carbocycles. The predicted molar refractivity (Wildman–Crippen MR) is 93.8 cm³/mol. The highest BCUT2D eigenvalue weighted by Crippen LogP contribution is 2.30. The molecule has 1 aliphatic heterocycles. The maximum absolute atomic E-state index is 10.6. The summed E-state index contributed by atoms with van der Waals surface area (Å²) in [5.74, 6) is 2.00. The Kier molecular flexibility index (Phi) is 5.53. The van der Waals surface area contributed by atoms with E-state index in [0.717, 1.165) is 44.0 Å². The molecule has 1 N–H and O–H groups in total. The molecule has 0 bridgehead atoms. The van der Waals surface area contributed by atoms with E-state index in [2.05, 4.69) is 28.1 Å². The Bertz CT molecular complexity index is 648. The number of ether oxygens (including phenoxy) is 1. The molecule has 1 aromatic carbocycles. The van der Waals surface area contributed by atoms with Crippen LogP contribution in [0.5, 0.6) is 5.75 Å². The van der Waals surface area contributed by atoms with Gasteiger partial charge in [0, 0.05) is 26.0 Å². The highest BCUT2D eigenvalue weighted by atomic mass is 16.5. The molecule has 0 radical (unpaired) electrons. The number of imidazole rings is 1. The number of benzene rings is 1. The molecular weight excluding hydrogens is 302 g/mol. The number of likely N-dealkylation sites (tertiary alicyclic amines) is 1. The fourth-order valence-corrected chi connectivity index (χ4v) is 3.46. The molecule has 2 aromatic rings. The van der Waals surface area contributed by atoms with Gasteiger partial charge in [-0.1, -0.05) is 12.1 Å². The van der Waals surface area contributed by atoms with Gasteiger partial charge < -0.3 is 14.4 Å². The van der Waals surface area contributed by atoms with Crippen molar-refractivity contribution in [3.8, 4) is 5.75 Å². The summed E-state index contributed by atoms with van der Waals surface area (Å²) in [7, 11) is 1.94. The molecule has 130 valence electrons. The number of rotatable bonds is 6. The molecular formula is C19H27N3O2. The summed E-state index contributed by atoms with van der Waals surface area (Å²) in [4.78, 5) is 6.74. The average molecular weight is 329 g/mol. The van der Waals surface area contributed by atoms with Crippen LogP contribution in [0.25, 0.3) is 0 Å². The van der Waals surface area contributed by atoms with Gasteiger partial charge in [-0.2, -0.15) is 0 Å². The number of aryl methyl sites for hydroxylation is 1. The summed E-state index contributed by atoms with van der Waals surface area (Å²) in [6, 6.07) is 8.33. The number of hydrogen-bond acceptors (Lipinski definition) is 4. The number of aromatic nitrogens is 2. The standard InChI is InChI=1S/C19H27N3O2/c1-3-24-17-6-4-5-15(13-17)14-22-10-7-16(8-11-22)18(23)19-20-9-12-21(19)2/h4-6,9,12-13,16,18,23H,3,7-8,10-11,14H2,1-2H3. The van der Waals surface area contributed by atoms with Gasteiger partial charge in [0.25, 0.3) is 0 Å². The van der Waals surface area contributed by atoms with Crippen LogP contribution in [0.3, 0.4) is 0 Å². The van der Waals surface area contributed by atoms with Gasteiger partial charge >= 0.3 is 0 Å². The summed E-state index contributed by atoms with van der Waals surface area (Å²) in [6.45, 7) is 5.65. The van der Waals surface area contributed by atoms with Crippen LogP contribution in [-0.2, 0) is 13.6 Å². The summed E-state index contributed by atoms with van der Waals surface area (Å²) in [5.41, 5.74) is 1.28. The van der Waals surface area contributed by atoms with E-state index in [9.17, 15) is 5.11 Å². The molecule has 0 spiro atoms. The quantitative estimate of drug-likeness (QED) is 0.885. The fourth-order valence-electron chi connectivity index (χ4n) is 3.46. The van der Waals surface area contributed by atoms with Crippen LogP contribution in [0.4, 0.5) is 0 Å². The first-order valence-corrected chi connectivity index (χ1v) is 8.76. The van der Waals surface area contributed by atoms with Crippen LogP contribution < -0.4 is 4.74 Å². The molecule has 5 heteroatoms. The van der Waals surface area contributed by atoms with E-state index in [1.165, 1.54) is 5.56 Å². The van der Waals surface area contributed by atoms with E-state index in [4.69, 9.17) is 4.74 Å². The minimum Gasteiger partial charge on any atom is -0.494 e. The minimum atomic E-state index is -0.464. The van der Waals surface area contributed by atoms with Gasteiger partial charge in [0.2, 0.25) is 0 Å². The minimum absolute atomic E-state index is 0.289. The van der Waals surface area contributed by atoms with Crippen LogP contribution in [0, 0.1) is 5.92 Å². The first kappa shape index (κ1) is 17.0. The third-order valence-electron chi connectivity index (χ3n) is 4.82. The van der Waals surface area contributed by atoms with E-state index >= 15 is 0 Å². The lowest BCUT2D eigenvalue weighted by molar-refractivity contribution is 0.0492. The predicted octanol–water partition coefficient (Wildman–Crippen LogP) is 2.76. The Morgan fingerprint density at radius 3 is 2.79 bits per heavy atom. The molecule has 1 aromatic heterocycles. The third-order valence-corrected chi connectivity index (χ3v) is 4.82. The topological polar surface area (TPSA) is 50.5 Å². The zero-order chi connectivity index (χ0) is 16.9. The van der Waals surface area contributed by atoms with Crippen LogP contribution in [0.15, 0.2) is 36.7 Å². The number of nitrogens with zero attached hydrogens (tertiary/aromatic N) is 3. The number of aliphatic hydroxyl groups is 1. The van der Waals surface area contributed by atoms with E-state index in [1.807, 2.05) is 30.8 Å². The van der Waals surface area contributed by atoms with Gasteiger partial charge in [0.1, 0.15) is 17.7 Å². The van der Waals surface area contributed by atoms with Crippen LogP contribution in [-0.4, -0.2) is 39.3 Å². The molecule has 0 amide bonds. The monoisotopic (exact) mass is 329 g/mol. The van der Waals surface area contributed by atoms with Gasteiger partial charge in [-0.05, 0) is 56.5 Å². The second-order valence-corrected chi connectivity index (χ2v) is 6.54. The average Bonchev–Trinajstić information content (AvgIpc) is 3.02. The highest BCUT2D eigenvalue weighted by molar-refractivity contribution is 5.28. The molecule has 1 atom stereocenters. The van der Waals surface area contributed by atoms with Gasteiger partial charge in [-0.25, -0.2) is 4.98 Å². The first-order chi connectivity index (χ1) is 11.7. The van der Waals surface area contributed by atoms with Crippen molar-refractivity contribution < 1.29 is 9.84 Å². The van der Waals surface area contributed by atoms with Gasteiger partial charge in [0.15, 0.2) is 0 Å². The molecule has 1 fully saturated rings. The van der Waals surface area contributed by atoms with Crippen molar-refractivity contribution in [3.05, 3.63) is 48.0 Å². The summed E-state index contributed by atoms with van der Waals surface area (Å²) in [6.07, 6.45) is 5.17. The van der Waals surface area contributed by atoms with E-state index < -0.39 is 6.10 Å². The van der Waals surface area contributed by atoms with Crippen molar-refractivity contribution in [2.24, 2.45) is 13.0 Å². The molecule has 1 unspecified atom stereocenters. The Balaban J connectivity index is 1.53. The van der Waals surface area contributed by atoms with Crippen LogP contribution in [0.2, 0.25) is 0 Å². The normalized spacial score (nSPS) is 17.8. The molecule has 1 aliphatic rings. The Morgan fingerprint density at radius 2 is 2.12 bits per heavy atom. The van der Waals surface area contributed by atoms with Gasteiger partial charge in [0.05, 0.1) is 6.61 Å². The number of hydrogen-bond donors (Lipinski definition) is 1. The van der Waals surface area contributed by atoms with Crippen molar-refractivity contribution in [3.63, 3.8) is 0 Å². The summed E-state index contributed by atoms with van der Waals surface area (Å²) in [5, 5.41) is 10.6. The van der Waals surface area contributed by atoms with Gasteiger partial charge in [-0.3, -0.25) is 4.90 Å². The lowest BCUT2D eigenvalue weighted by atomic mass is 9.90. The van der Waals surface area contributed by atoms with Crippen molar-refractivity contribution in [2.45, 2.75) is 32.4 Å². The lowest BCUT2D eigenvalue weighted by Gasteiger charge is -2.34. The third kappa shape index (κ3) is 3.97. The maximum Gasteiger partial charge on any atom is 0.137 e. The Labute approximate surface area is 143 Å². The zero-order valence-corrected chi connectivity index (χ0v) is 14.6. The first-order valence-electron chi connectivity index (χ1n) is 8.76. The van der Waals surface area contributed by atoms with Crippen LogP contribution >= 0.6 is 0 Å². The highest BCUT2D eigenvalue weighted by Gasteiger charge is 2.28. The molecule has 24 heavy (non-hydrogen) atoms. The smallest absolute Gasteiger partial charge is 0.137 e. The number of aliphatic hydroxyl groups excluding tert-OH is 1. The molecule has 0 aliphatic carbocycles. The summed E-state index contributed by atoms with van der Waals surface area (Å²) < 4.78 is 7.49. The van der Waals surface area contributed by atoms with Gasteiger partial charge in [-0.15, -0.1) is 0 Å². The fraction of sp³-hybridized carbons (Fsp3) is 0.526. The Hall–Kier alpha value is -1.85. The second kappa shape index (κ2) is 7.81.